The number of benzene rings is 1. The molecule has 2 nitrogen and oxygen atoms in total. The van der Waals surface area contributed by atoms with E-state index in [1.165, 1.54) is 0 Å². The summed E-state index contributed by atoms with van der Waals surface area (Å²) in [5.41, 5.74) is 0.893. The van der Waals surface area contributed by atoms with Gasteiger partial charge in [0, 0.05) is 10.5 Å². The highest BCUT2D eigenvalue weighted by Crippen LogP contribution is 2.27. The van der Waals surface area contributed by atoms with Crippen molar-refractivity contribution < 1.29 is 9.21 Å². The topological polar surface area (TPSA) is 30.2 Å². The zero-order valence-corrected chi connectivity index (χ0v) is 8.20. The van der Waals surface area contributed by atoms with Gasteiger partial charge in [0.05, 0.1) is 0 Å². The van der Waals surface area contributed by atoms with E-state index in [-0.39, 0.29) is 0 Å². The summed E-state index contributed by atoms with van der Waals surface area (Å²) in [7, 11) is 0. The molecule has 0 fully saturated rings. The van der Waals surface area contributed by atoms with Gasteiger partial charge in [-0.3, -0.25) is 4.79 Å². The van der Waals surface area contributed by atoms with E-state index in [0.29, 0.717) is 17.8 Å². The maximum atomic E-state index is 10.4. The third-order valence-electron chi connectivity index (χ3n) is 1.91. The molecular formula is C11H8O2S. The molecule has 1 aromatic carbocycles. The van der Waals surface area contributed by atoms with Crippen molar-refractivity contribution in [1.82, 2.24) is 0 Å². The number of rotatable bonds is 2. The quantitative estimate of drug-likeness (QED) is 0.602. The third kappa shape index (κ3) is 1.59. The minimum absolute atomic E-state index is 0.330. The molecule has 0 N–H and O–H groups in total. The van der Waals surface area contributed by atoms with Gasteiger partial charge in [0.25, 0.3) is 0 Å². The van der Waals surface area contributed by atoms with Gasteiger partial charge in [0.2, 0.25) is 0 Å². The SMILES string of the molecule is O=Cc1ccc(-c2ccccc2S)o1. The van der Waals surface area contributed by atoms with Gasteiger partial charge in [0.1, 0.15) is 5.76 Å². The number of aldehydes is 1. The van der Waals surface area contributed by atoms with Crippen LogP contribution in [0, 0.1) is 0 Å². The van der Waals surface area contributed by atoms with Crippen LogP contribution in [0.25, 0.3) is 11.3 Å². The number of carbonyl (C=O) groups is 1. The second-order valence-electron chi connectivity index (χ2n) is 2.84. The molecule has 0 spiro atoms. The summed E-state index contributed by atoms with van der Waals surface area (Å²) in [5.74, 6) is 0.995. The molecule has 1 aromatic heterocycles. The predicted octanol–water partition coefficient (Wildman–Crippen LogP) is 3.05. The van der Waals surface area contributed by atoms with E-state index in [4.69, 9.17) is 4.42 Å². The molecule has 0 aliphatic carbocycles. The summed E-state index contributed by atoms with van der Waals surface area (Å²) in [6.07, 6.45) is 0.685. The zero-order valence-electron chi connectivity index (χ0n) is 7.31. The van der Waals surface area contributed by atoms with E-state index in [0.717, 1.165) is 10.5 Å². The fourth-order valence-electron chi connectivity index (χ4n) is 1.24. The van der Waals surface area contributed by atoms with Gasteiger partial charge < -0.3 is 4.42 Å². The van der Waals surface area contributed by atoms with Gasteiger partial charge in [-0.15, -0.1) is 12.6 Å². The van der Waals surface area contributed by atoms with Gasteiger partial charge >= 0.3 is 0 Å². The fraction of sp³-hybridized carbons (Fsp3) is 0. The van der Waals surface area contributed by atoms with E-state index >= 15 is 0 Å². The number of furan rings is 1. The van der Waals surface area contributed by atoms with Crippen LogP contribution in [-0.4, -0.2) is 6.29 Å². The lowest BCUT2D eigenvalue weighted by Crippen LogP contribution is -1.75. The van der Waals surface area contributed by atoms with Gasteiger partial charge in [-0.05, 0) is 18.2 Å². The minimum atomic E-state index is 0.330. The standard InChI is InChI=1S/C11H8O2S/c12-7-8-5-6-10(13-8)9-3-1-2-4-11(9)14/h1-7,14H. The van der Waals surface area contributed by atoms with Gasteiger partial charge in [-0.2, -0.15) is 0 Å². The van der Waals surface area contributed by atoms with E-state index in [1.54, 1.807) is 12.1 Å². The Morgan fingerprint density at radius 2 is 1.93 bits per heavy atom. The van der Waals surface area contributed by atoms with Crippen molar-refractivity contribution in [3.63, 3.8) is 0 Å². The lowest BCUT2D eigenvalue weighted by Gasteiger charge is -1.99. The largest absolute Gasteiger partial charge is 0.453 e. The summed E-state index contributed by atoms with van der Waals surface area (Å²) in [6, 6.07) is 11.0. The lowest BCUT2D eigenvalue weighted by molar-refractivity contribution is 0.110. The Labute approximate surface area is 87.0 Å². The highest BCUT2D eigenvalue weighted by molar-refractivity contribution is 7.80. The first-order valence-corrected chi connectivity index (χ1v) is 4.59. The fourth-order valence-corrected chi connectivity index (χ4v) is 1.51. The monoisotopic (exact) mass is 204 g/mol. The first kappa shape index (κ1) is 9.09. The minimum Gasteiger partial charge on any atom is -0.453 e. The molecule has 70 valence electrons. The molecule has 2 rings (SSSR count). The number of hydrogen-bond acceptors (Lipinski definition) is 3. The summed E-state index contributed by atoms with van der Waals surface area (Å²) in [4.78, 5) is 11.3. The van der Waals surface area contributed by atoms with Crippen LogP contribution in [0.2, 0.25) is 0 Å². The van der Waals surface area contributed by atoms with Crippen molar-refractivity contribution >= 4 is 18.9 Å². The van der Waals surface area contributed by atoms with Crippen LogP contribution >= 0.6 is 12.6 Å². The van der Waals surface area contributed by atoms with Crippen molar-refractivity contribution in [2.24, 2.45) is 0 Å². The van der Waals surface area contributed by atoms with Crippen molar-refractivity contribution in [3.05, 3.63) is 42.2 Å². The molecule has 14 heavy (non-hydrogen) atoms. The molecular weight excluding hydrogens is 196 g/mol. The molecule has 0 saturated carbocycles. The second-order valence-corrected chi connectivity index (χ2v) is 3.32. The molecule has 0 amide bonds. The van der Waals surface area contributed by atoms with Crippen LogP contribution in [0.3, 0.4) is 0 Å². The predicted molar refractivity (Wildman–Crippen MR) is 56.8 cm³/mol. The maximum Gasteiger partial charge on any atom is 0.185 e. The van der Waals surface area contributed by atoms with Gasteiger partial charge in [0.15, 0.2) is 12.0 Å². The molecule has 0 bridgehead atoms. The molecule has 0 atom stereocenters. The van der Waals surface area contributed by atoms with Gasteiger partial charge in [-0.1, -0.05) is 18.2 Å². The first-order valence-electron chi connectivity index (χ1n) is 4.14. The highest BCUT2D eigenvalue weighted by atomic mass is 32.1. The van der Waals surface area contributed by atoms with E-state index in [1.807, 2.05) is 24.3 Å². The number of hydrogen-bond donors (Lipinski definition) is 1. The van der Waals surface area contributed by atoms with E-state index < -0.39 is 0 Å². The Kier molecular flexibility index (Phi) is 2.41. The molecule has 0 unspecified atom stereocenters. The summed E-state index contributed by atoms with van der Waals surface area (Å²) in [5, 5.41) is 0. The third-order valence-corrected chi connectivity index (χ3v) is 2.30. The summed E-state index contributed by atoms with van der Waals surface area (Å²) < 4.78 is 5.28. The Balaban J connectivity index is 2.49. The van der Waals surface area contributed by atoms with Gasteiger partial charge in [-0.25, -0.2) is 0 Å². The molecule has 0 aliphatic rings. The normalized spacial score (nSPS) is 10.1. The van der Waals surface area contributed by atoms with Crippen molar-refractivity contribution in [3.8, 4) is 11.3 Å². The van der Waals surface area contributed by atoms with Crippen LogP contribution in [-0.2, 0) is 0 Å². The molecule has 0 aliphatic heterocycles. The molecule has 0 saturated heterocycles. The van der Waals surface area contributed by atoms with Crippen molar-refractivity contribution in [1.29, 1.82) is 0 Å². The molecule has 0 radical (unpaired) electrons. The Morgan fingerprint density at radius 1 is 1.14 bits per heavy atom. The van der Waals surface area contributed by atoms with Crippen LogP contribution < -0.4 is 0 Å². The molecule has 3 heteroatoms. The molecule has 2 aromatic rings. The Hall–Kier alpha value is -1.48. The van der Waals surface area contributed by atoms with E-state index in [2.05, 4.69) is 12.6 Å². The van der Waals surface area contributed by atoms with Crippen LogP contribution in [0.5, 0.6) is 0 Å². The summed E-state index contributed by atoms with van der Waals surface area (Å²) in [6.45, 7) is 0. The van der Waals surface area contributed by atoms with Crippen molar-refractivity contribution in [2.45, 2.75) is 4.90 Å². The highest BCUT2D eigenvalue weighted by Gasteiger charge is 2.06. The maximum absolute atomic E-state index is 10.4. The van der Waals surface area contributed by atoms with Crippen molar-refractivity contribution in [2.75, 3.05) is 0 Å². The summed E-state index contributed by atoms with van der Waals surface area (Å²) >= 11 is 4.30. The van der Waals surface area contributed by atoms with Crippen LogP contribution in [0.1, 0.15) is 10.6 Å². The number of carbonyl (C=O) groups excluding carboxylic acids is 1. The number of thiol groups is 1. The van der Waals surface area contributed by atoms with E-state index in [9.17, 15) is 4.79 Å². The lowest BCUT2D eigenvalue weighted by atomic mass is 10.2. The van der Waals surface area contributed by atoms with Crippen LogP contribution in [0.15, 0.2) is 45.7 Å². The zero-order chi connectivity index (χ0) is 9.97. The average Bonchev–Trinajstić information content (AvgIpc) is 2.67. The molecule has 1 heterocycles. The first-order chi connectivity index (χ1) is 6.81. The Morgan fingerprint density at radius 3 is 2.57 bits per heavy atom. The van der Waals surface area contributed by atoms with Crippen LogP contribution in [0.4, 0.5) is 0 Å². The second kappa shape index (κ2) is 3.72. The Bertz CT molecular complexity index is 460. The smallest absolute Gasteiger partial charge is 0.185 e. The average molecular weight is 204 g/mol.